The molecular weight excluding hydrogens is 320 g/mol. The standard InChI is InChI=1S/C12H12BrF2N3O/c13-8-5-9-12(17-6-8)10(1-2-16-9)18(3-4-19)7-11(14)15/h1-2,5-6,11,19H,3-4,7H2. The van der Waals surface area contributed by atoms with Crippen LogP contribution in [-0.4, -0.2) is 41.2 Å². The largest absolute Gasteiger partial charge is 0.395 e. The Labute approximate surface area is 117 Å². The Bertz CT molecular complexity index is 568. The van der Waals surface area contributed by atoms with Gasteiger partial charge in [-0.3, -0.25) is 9.97 Å². The monoisotopic (exact) mass is 331 g/mol. The van der Waals surface area contributed by atoms with Gasteiger partial charge < -0.3 is 10.0 Å². The number of aromatic nitrogens is 2. The lowest BCUT2D eigenvalue weighted by Gasteiger charge is -2.24. The second-order valence-corrected chi connectivity index (χ2v) is 4.83. The molecule has 0 aliphatic heterocycles. The van der Waals surface area contributed by atoms with Gasteiger partial charge in [-0.2, -0.15) is 0 Å². The quantitative estimate of drug-likeness (QED) is 0.914. The van der Waals surface area contributed by atoms with E-state index in [1.807, 2.05) is 0 Å². The molecule has 102 valence electrons. The van der Waals surface area contributed by atoms with Gasteiger partial charge in [-0.05, 0) is 28.1 Å². The van der Waals surface area contributed by atoms with Crippen molar-refractivity contribution < 1.29 is 13.9 Å². The van der Waals surface area contributed by atoms with Gasteiger partial charge in [0, 0.05) is 23.4 Å². The number of rotatable bonds is 5. The van der Waals surface area contributed by atoms with Gasteiger partial charge in [-0.15, -0.1) is 0 Å². The zero-order chi connectivity index (χ0) is 13.8. The van der Waals surface area contributed by atoms with Crippen LogP contribution in [0.15, 0.2) is 29.0 Å². The zero-order valence-corrected chi connectivity index (χ0v) is 11.5. The van der Waals surface area contributed by atoms with Crippen molar-refractivity contribution >= 4 is 32.7 Å². The summed E-state index contributed by atoms with van der Waals surface area (Å²) in [7, 11) is 0. The maximum absolute atomic E-state index is 12.6. The highest BCUT2D eigenvalue weighted by Crippen LogP contribution is 2.25. The molecule has 0 amide bonds. The average Bonchev–Trinajstić information content (AvgIpc) is 2.36. The van der Waals surface area contributed by atoms with Crippen LogP contribution in [0.2, 0.25) is 0 Å². The molecule has 1 N–H and O–H groups in total. The number of halogens is 3. The third kappa shape index (κ3) is 3.36. The Morgan fingerprint density at radius 1 is 1.37 bits per heavy atom. The van der Waals surface area contributed by atoms with Crippen molar-refractivity contribution in [1.82, 2.24) is 9.97 Å². The molecule has 0 unspecified atom stereocenters. The molecule has 7 heteroatoms. The third-order valence-electron chi connectivity index (χ3n) is 2.59. The molecule has 0 aliphatic carbocycles. The first kappa shape index (κ1) is 14.1. The molecule has 0 saturated heterocycles. The number of aliphatic hydroxyl groups excluding tert-OH is 1. The van der Waals surface area contributed by atoms with Crippen LogP contribution in [0.1, 0.15) is 0 Å². The number of anilines is 1. The number of hydrogen-bond acceptors (Lipinski definition) is 4. The SMILES string of the molecule is OCCN(CC(F)F)c1ccnc2cc(Br)cnc12. The number of pyridine rings is 2. The Hall–Kier alpha value is -1.34. The molecule has 0 aliphatic rings. The number of hydrogen-bond donors (Lipinski definition) is 1. The van der Waals surface area contributed by atoms with E-state index < -0.39 is 13.0 Å². The van der Waals surface area contributed by atoms with Crippen LogP contribution in [0.4, 0.5) is 14.5 Å². The van der Waals surface area contributed by atoms with E-state index in [0.29, 0.717) is 16.7 Å². The molecule has 0 fully saturated rings. The highest BCUT2D eigenvalue weighted by atomic mass is 79.9. The van der Waals surface area contributed by atoms with E-state index in [-0.39, 0.29) is 13.2 Å². The Kier molecular flexibility index (Phi) is 4.60. The maximum atomic E-state index is 12.6. The van der Waals surface area contributed by atoms with E-state index in [1.54, 1.807) is 24.5 Å². The van der Waals surface area contributed by atoms with Gasteiger partial charge in [-0.1, -0.05) is 0 Å². The first-order valence-corrected chi connectivity index (χ1v) is 6.45. The van der Waals surface area contributed by atoms with Crippen molar-refractivity contribution in [2.75, 3.05) is 24.6 Å². The zero-order valence-electron chi connectivity index (χ0n) is 9.93. The van der Waals surface area contributed by atoms with Crippen molar-refractivity contribution in [2.24, 2.45) is 0 Å². The maximum Gasteiger partial charge on any atom is 0.255 e. The van der Waals surface area contributed by atoms with E-state index in [2.05, 4.69) is 25.9 Å². The molecule has 19 heavy (non-hydrogen) atoms. The summed E-state index contributed by atoms with van der Waals surface area (Å²) in [5.74, 6) is 0. The van der Waals surface area contributed by atoms with Crippen molar-refractivity contribution in [3.63, 3.8) is 0 Å². The van der Waals surface area contributed by atoms with Gasteiger partial charge in [0.15, 0.2) is 0 Å². The fourth-order valence-corrected chi connectivity index (χ4v) is 2.16. The van der Waals surface area contributed by atoms with Crippen molar-refractivity contribution in [2.45, 2.75) is 6.43 Å². The highest BCUT2D eigenvalue weighted by Gasteiger charge is 2.16. The van der Waals surface area contributed by atoms with Crippen LogP contribution in [-0.2, 0) is 0 Å². The smallest absolute Gasteiger partial charge is 0.255 e. The first-order valence-electron chi connectivity index (χ1n) is 5.66. The van der Waals surface area contributed by atoms with Crippen LogP contribution in [0.5, 0.6) is 0 Å². The molecule has 4 nitrogen and oxygen atoms in total. The van der Waals surface area contributed by atoms with Crippen LogP contribution < -0.4 is 4.90 Å². The van der Waals surface area contributed by atoms with E-state index in [4.69, 9.17) is 5.11 Å². The molecule has 0 atom stereocenters. The molecule has 0 radical (unpaired) electrons. The second kappa shape index (κ2) is 6.21. The number of fused-ring (bicyclic) bond motifs is 1. The predicted octanol–water partition coefficient (Wildman–Crippen LogP) is 2.46. The first-order chi connectivity index (χ1) is 9.11. The Balaban J connectivity index is 2.46. The lowest BCUT2D eigenvalue weighted by atomic mass is 10.2. The molecule has 0 aromatic carbocycles. The third-order valence-corrected chi connectivity index (χ3v) is 3.03. The summed E-state index contributed by atoms with van der Waals surface area (Å²) in [6.45, 7) is -0.522. The van der Waals surface area contributed by atoms with Gasteiger partial charge in [-0.25, -0.2) is 8.78 Å². The van der Waals surface area contributed by atoms with Crippen LogP contribution >= 0.6 is 15.9 Å². The van der Waals surface area contributed by atoms with Gasteiger partial charge in [0.1, 0.15) is 5.52 Å². The van der Waals surface area contributed by atoms with Crippen molar-refractivity contribution in [3.05, 3.63) is 29.0 Å². The van der Waals surface area contributed by atoms with Gasteiger partial charge >= 0.3 is 0 Å². The summed E-state index contributed by atoms with van der Waals surface area (Å²) in [6.07, 6.45) is 0.652. The highest BCUT2D eigenvalue weighted by molar-refractivity contribution is 9.10. The molecule has 2 aromatic heterocycles. The van der Waals surface area contributed by atoms with Gasteiger partial charge in [0.25, 0.3) is 6.43 Å². The van der Waals surface area contributed by atoms with Crippen molar-refractivity contribution in [3.8, 4) is 0 Å². The average molecular weight is 332 g/mol. The topological polar surface area (TPSA) is 49.2 Å². The summed E-state index contributed by atoms with van der Waals surface area (Å²) < 4.78 is 26.0. The molecule has 2 aromatic rings. The van der Waals surface area contributed by atoms with E-state index >= 15 is 0 Å². The summed E-state index contributed by atoms with van der Waals surface area (Å²) in [5.41, 5.74) is 1.70. The van der Waals surface area contributed by atoms with E-state index in [9.17, 15) is 8.78 Å². The minimum Gasteiger partial charge on any atom is -0.395 e. The summed E-state index contributed by atoms with van der Waals surface area (Å²) in [4.78, 5) is 9.78. The van der Waals surface area contributed by atoms with Crippen LogP contribution in [0.3, 0.4) is 0 Å². The molecular formula is C12H12BrF2N3O. The molecule has 0 bridgehead atoms. The molecule has 0 spiro atoms. The fraction of sp³-hybridized carbons (Fsp3) is 0.333. The minimum atomic E-state index is -2.48. The summed E-state index contributed by atoms with van der Waals surface area (Å²) in [5, 5.41) is 9.00. The van der Waals surface area contributed by atoms with Crippen molar-refractivity contribution in [1.29, 1.82) is 0 Å². The summed E-state index contributed by atoms with van der Waals surface area (Å²) >= 11 is 3.29. The molecule has 2 rings (SSSR count). The Morgan fingerprint density at radius 2 is 2.16 bits per heavy atom. The number of aliphatic hydroxyl groups is 1. The molecule has 0 saturated carbocycles. The predicted molar refractivity (Wildman–Crippen MR) is 72.5 cm³/mol. The summed E-state index contributed by atoms with van der Waals surface area (Å²) in [6, 6.07) is 3.40. The van der Waals surface area contributed by atoms with Gasteiger partial charge in [0.2, 0.25) is 0 Å². The van der Waals surface area contributed by atoms with Crippen LogP contribution in [0, 0.1) is 0 Å². The van der Waals surface area contributed by atoms with Crippen LogP contribution in [0.25, 0.3) is 11.0 Å². The lowest BCUT2D eigenvalue weighted by molar-refractivity contribution is 0.153. The fourth-order valence-electron chi connectivity index (χ4n) is 1.84. The van der Waals surface area contributed by atoms with E-state index in [1.165, 1.54) is 4.90 Å². The Morgan fingerprint density at radius 3 is 2.84 bits per heavy atom. The van der Waals surface area contributed by atoms with Gasteiger partial charge in [0.05, 0.1) is 24.4 Å². The number of alkyl halides is 2. The lowest BCUT2D eigenvalue weighted by Crippen LogP contribution is -2.31. The normalized spacial score (nSPS) is 11.2. The second-order valence-electron chi connectivity index (χ2n) is 3.91. The minimum absolute atomic E-state index is 0.126. The van der Waals surface area contributed by atoms with E-state index in [0.717, 1.165) is 4.47 Å². The number of nitrogens with zero attached hydrogens (tertiary/aromatic N) is 3. The molecule has 2 heterocycles.